The van der Waals surface area contributed by atoms with Crippen molar-refractivity contribution in [1.82, 2.24) is 14.4 Å². The number of aromatic nitrogens is 1. The molecule has 200 valence electrons. The molecule has 0 fully saturated rings. The highest BCUT2D eigenvalue weighted by Gasteiger charge is 2.31. The molecule has 5 heterocycles. The van der Waals surface area contributed by atoms with Crippen molar-refractivity contribution in [2.75, 3.05) is 13.1 Å². The summed E-state index contributed by atoms with van der Waals surface area (Å²) in [5.41, 5.74) is 10.5. The van der Waals surface area contributed by atoms with Gasteiger partial charge in [0.25, 0.3) is 11.8 Å². The van der Waals surface area contributed by atoms with Gasteiger partial charge in [0.15, 0.2) is 0 Å². The first-order chi connectivity index (χ1) is 19.4. The van der Waals surface area contributed by atoms with E-state index in [1.54, 1.807) is 16.2 Å². The Labute approximate surface area is 238 Å². The maximum atomic E-state index is 13.6. The predicted molar refractivity (Wildman–Crippen MR) is 160 cm³/mol. The minimum atomic E-state index is -0.601. The second kappa shape index (κ2) is 9.46. The Kier molecular flexibility index (Phi) is 5.87. The topological polar surface area (TPSA) is 88.6 Å². The molecule has 5 aromatic rings. The fourth-order valence-corrected chi connectivity index (χ4v) is 8.23. The normalized spacial score (nSPS) is 14.9. The Balaban J connectivity index is 1.14. The SMILES string of the molecule is C=C(CN1Cc2c(cccc2-c2cc3sc(C(=O)N4CCCn5c(cc6ccccc65)C4)cc3s2)C1=O)C(N)=O. The molecule has 40 heavy (non-hydrogen) atoms. The second-order valence-electron chi connectivity index (χ2n) is 10.3. The zero-order valence-electron chi connectivity index (χ0n) is 21.7. The van der Waals surface area contributed by atoms with E-state index in [9.17, 15) is 14.4 Å². The van der Waals surface area contributed by atoms with E-state index in [1.807, 2.05) is 29.2 Å². The smallest absolute Gasteiger partial charge is 0.264 e. The average molecular weight is 567 g/mol. The quantitative estimate of drug-likeness (QED) is 0.280. The maximum Gasteiger partial charge on any atom is 0.264 e. The summed E-state index contributed by atoms with van der Waals surface area (Å²) >= 11 is 3.16. The van der Waals surface area contributed by atoms with Crippen molar-refractivity contribution in [1.29, 1.82) is 0 Å². The number of hydrogen-bond donors (Lipinski definition) is 1. The molecule has 0 atom stereocenters. The molecule has 2 aromatic carbocycles. The Morgan fingerprint density at radius 3 is 2.55 bits per heavy atom. The van der Waals surface area contributed by atoms with Crippen molar-refractivity contribution in [2.24, 2.45) is 5.73 Å². The van der Waals surface area contributed by atoms with Crippen molar-refractivity contribution in [3.8, 4) is 10.4 Å². The highest BCUT2D eigenvalue weighted by molar-refractivity contribution is 7.30. The van der Waals surface area contributed by atoms with Crippen LogP contribution in [0.25, 0.3) is 30.7 Å². The average Bonchev–Trinajstić information content (AvgIpc) is 3.66. The summed E-state index contributed by atoms with van der Waals surface area (Å²) < 4.78 is 4.47. The molecule has 3 aromatic heterocycles. The third-order valence-corrected chi connectivity index (χ3v) is 10.1. The first-order valence-corrected chi connectivity index (χ1v) is 14.8. The van der Waals surface area contributed by atoms with E-state index in [1.165, 1.54) is 27.9 Å². The zero-order valence-corrected chi connectivity index (χ0v) is 23.3. The molecule has 9 heteroatoms. The van der Waals surface area contributed by atoms with Gasteiger partial charge in [0, 0.05) is 56.3 Å². The lowest BCUT2D eigenvalue weighted by Crippen LogP contribution is -2.30. The highest BCUT2D eigenvalue weighted by Crippen LogP contribution is 2.42. The molecule has 0 saturated heterocycles. The fourth-order valence-electron chi connectivity index (χ4n) is 5.82. The summed E-state index contributed by atoms with van der Waals surface area (Å²) in [5, 5.41) is 1.21. The number of rotatable bonds is 5. The highest BCUT2D eigenvalue weighted by atomic mass is 32.1. The van der Waals surface area contributed by atoms with Gasteiger partial charge in [-0.3, -0.25) is 14.4 Å². The fraction of sp³-hybridized carbons (Fsp3) is 0.194. The monoisotopic (exact) mass is 566 g/mol. The molecule has 0 aliphatic carbocycles. The predicted octanol–water partition coefficient (Wildman–Crippen LogP) is 5.63. The van der Waals surface area contributed by atoms with E-state index < -0.39 is 5.91 Å². The first-order valence-electron chi connectivity index (χ1n) is 13.2. The number of amides is 3. The summed E-state index contributed by atoms with van der Waals surface area (Å²) in [4.78, 5) is 43.4. The third-order valence-electron chi connectivity index (χ3n) is 7.80. The van der Waals surface area contributed by atoms with Crippen molar-refractivity contribution in [3.05, 3.63) is 94.5 Å². The molecule has 0 radical (unpaired) electrons. The Morgan fingerprint density at radius 1 is 0.925 bits per heavy atom. The molecule has 3 amide bonds. The number of benzene rings is 2. The molecular weight excluding hydrogens is 541 g/mol. The molecule has 7 rings (SSSR count). The van der Waals surface area contributed by atoms with Gasteiger partial charge in [0.2, 0.25) is 5.91 Å². The number of fused-ring (bicyclic) bond motifs is 5. The van der Waals surface area contributed by atoms with Crippen LogP contribution in [0.1, 0.15) is 37.7 Å². The van der Waals surface area contributed by atoms with Crippen LogP contribution in [0.3, 0.4) is 0 Å². The Hall–Kier alpha value is -4.21. The van der Waals surface area contributed by atoms with Crippen LogP contribution in [-0.2, 0) is 24.4 Å². The number of hydrogen-bond acceptors (Lipinski definition) is 5. The van der Waals surface area contributed by atoms with Crippen LogP contribution in [-0.4, -0.2) is 45.2 Å². The van der Waals surface area contributed by atoms with E-state index >= 15 is 0 Å². The molecule has 2 N–H and O–H groups in total. The van der Waals surface area contributed by atoms with E-state index in [-0.39, 0.29) is 23.9 Å². The third kappa shape index (κ3) is 4.04. The molecule has 0 bridgehead atoms. The minimum Gasteiger partial charge on any atom is -0.366 e. The van der Waals surface area contributed by atoms with Crippen molar-refractivity contribution >= 4 is 60.7 Å². The maximum absolute atomic E-state index is 13.6. The number of carbonyl (C=O) groups excluding carboxylic acids is 3. The Bertz CT molecular complexity index is 1850. The van der Waals surface area contributed by atoms with Crippen LogP contribution in [0, 0.1) is 0 Å². The van der Waals surface area contributed by atoms with Gasteiger partial charge in [-0.15, -0.1) is 22.7 Å². The number of aryl methyl sites for hydroxylation is 1. The van der Waals surface area contributed by atoms with E-state index in [0.29, 0.717) is 18.7 Å². The number of nitrogens with zero attached hydrogens (tertiary/aromatic N) is 3. The van der Waals surface area contributed by atoms with E-state index in [0.717, 1.165) is 49.8 Å². The van der Waals surface area contributed by atoms with Gasteiger partial charge in [-0.2, -0.15) is 0 Å². The molecule has 0 saturated carbocycles. The number of primary amides is 1. The summed E-state index contributed by atoms with van der Waals surface area (Å²) in [6.45, 7) is 6.46. The Morgan fingerprint density at radius 2 is 1.73 bits per heavy atom. The summed E-state index contributed by atoms with van der Waals surface area (Å²) in [6.07, 6.45) is 0.920. The van der Waals surface area contributed by atoms with Gasteiger partial charge in [-0.25, -0.2) is 0 Å². The molecular formula is C31H26N4O3S2. The van der Waals surface area contributed by atoms with Gasteiger partial charge in [0.05, 0.1) is 18.0 Å². The largest absolute Gasteiger partial charge is 0.366 e. The molecule has 7 nitrogen and oxygen atoms in total. The zero-order chi connectivity index (χ0) is 27.5. The first kappa shape index (κ1) is 24.8. The van der Waals surface area contributed by atoms with Gasteiger partial charge in [-0.1, -0.05) is 36.9 Å². The van der Waals surface area contributed by atoms with Crippen LogP contribution >= 0.6 is 22.7 Å². The lowest BCUT2D eigenvalue weighted by molar-refractivity contribution is -0.114. The number of carbonyl (C=O) groups is 3. The summed E-state index contributed by atoms with van der Waals surface area (Å²) in [7, 11) is 0. The number of nitrogens with two attached hydrogens (primary N) is 1. The van der Waals surface area contributed by atoms with Gasteiger partial charge in [-0.05, 0) is 53.3 Å². The molecule has 0 spiro atoms. The van der Waals surface area contributed by atoms with Gasteiger partial charge in [0.1, 0.15) is 0 Å². The van der Waals surface area contributed by atoms with Crippen molar-refractivity contribution in [3.63, 3.8) is 0 Å². The molecule has 0 unspecified atom stereocenters. The molecule has 2 aliphatic rings. The lowest BCUT2D eigenvalue weighted by atomic mass is 10.0. The van der Waals surface area contributed by atoms with Crippen molar-refractivity contribution < 1.29 is 14.4 Å². The van der Waals surface area contributed by atoms with Crippen LogP contribution in [0.5, 0.6) is 0 Å². The standard InChI is InChI=1S/C31H26N4O3S2/c1-18(29(32)36)15-34-17-23-21(7-4-8-22(23)30(34)37)25-13-26-27(39-25)14-28(40-26)31(38)33-10-5-11-35-20(16-33)12-19-6-2-3-9-24(19)35/h2-4,6-9,12-14H,1,5,10-11,15-17H2,(H2,32,36). The van der Waals surface area contributed by atoms with Gasteiger partial charge >= 0.3 is 0 Å². The van der Waals surface area contributed by atoms with E-state index in [4.69, 9.17) is 5.73 Å². The second-order valence-corrected chi connectivity index (χ2v) is 12.5. The number of para-hydroxylation sites is 1. The lowest BCUT2D eigenvalue weighted by Gasteiger charge is -2.19. The number of thiophene rings is 2. The molecule has 2 aliphatic heterocycles. The van der Waals surface area contributed by atoms with Gasteiger partial charge < -0.3 is 20.1 Å². The van der Waals surface area contributed by atoms with Crippen LogP contribution in [0.15, 0.2) is 72.8 Å². The van der Waals surface area contributed by atoms with Crippen molar-refractivity contribution in [2.45, 2.75) is 26.1 Å². The van der Waals surface area contributed by atoms with Crippen LogP contribution in [0.4, 0.5) is 0 Å². The summed E-state index contributed by atoms with van der Waals surface area (Å²) in [6, 6.07) is 20.5. The minimum absolute atomic E-state index is 0.0742. The summed E-state index contributed by atoms with van der Waals surface area (Å²) in [5.74, 6) is -0.650. The van der Waals surface area contributed by atoms with Crippen LogP contribution < -0.4 is 5.73 Å². The van der Waals surface area contributed by atoms with E-state index in [2.05, 4.69) is 47.5 Å². The van der Waals surface area contributed by atoms with Crippen LogP contribution in [0.2, 0.25) is 0 Å².